The monoisotopic (exact) mass is 456 g/mol. The molecule has 0 aromatic heterocycles. The van der Waals surface area contributed by atoms with Gasteiger partial charge in [-0.25, -0.2) is 0 Å². The van der Waals surface area contributed by atoms with Crippen molar-refractivity contribution in [3.05, 3.63) is 57.6 Å². The van der Waals surface area contributed by atoms with E-state index in [0.29, 0.717) is 6.54 Å². The zero-order valence-corrected chi connectivity index (χ0v) is 18.2. The van der Waals surface area contributed by atoms with Crippen molar-refractivity contribution in [3.63, 3.8) is 0 Å². The Labute approximate surface area is 179 Å². The number of ether oxygens (including phenoxy) is 1. The average Bonchev–Trinajstić information content (AvgIpc) is 3.13. The molecule has 0 saturated heterocycles. The fourth-order valence-corrected chi connectivity index (χ4v) is 4.79. The molecule has 2 aromatic rings. The molecule has 2 aliphatic carbocycles. The number of halogens is 1. The Bertz CT molecular complexity index is 949. The van der Waals surface area contributed by atoms with Crippen LogP contribution in [0, 0.1) is 24.7 Å². The van der Waals surface area contributed by atoms with Gasteiger partial charge in [-0.1, -0.05) is 28.1 Å². The Morgan fingerprint density at radius 3 is 2.62 bits per heavy atom. The predicted octanol–water partition coefficient (Wildman–Crippen LogP) is 4.68. The van der Waals surface area contributed by atoms with Gasteiger partial charge in [-0.15, -0.1) is 0 Å². The molecule has 2 N–H and O–H groups in total. The summed E-state index contributed by atoms with van der Waals surface area (Å²) in [5.41, 5.74) is 3.78. The van der Waals surface area contributed by atoms with Gasteiger partial charge in [0.25, 0.3) is 5.91 Å². The van der Waals surface area contributed by atoms with Crippen molar-refractivity contribution in [3.8, 4) is 5.75 Å². The highest BCUT2D eigenvalue weighted by Gasteiger charge is 2.47. The molecule has 1 aliphatic heterocycles. The van der Waals surface area contributed by atoms with Crippen molar-refractivity contribution < 1.29 is 14.3 Å². The van der Waals surface area contributed by atoms with E-state index in [4.69, 9.17) is 4.74 Å². The third-order valence-electron chi connectivity index (χ3n) is 6.08. The molecule has 2 amide bonds. The van der Waals surface area contributed by atoms with Gasteiger partial charge in [0.1, 0.15) is 5.75 Å². The first-order valence-corrected chi connectivity index (χ1v) is 10.8. The van der Waals surface area contributed by atoms with E-state index in [9.17, 15) is 9.59 Å². The van der Waals surface area contributed by atoms with Gasteiger partial charge in [0.15, 0.2) is 0 Å². The number of nitrogens with one attached hydrogen (secondary N) is 2. The summed E-state index contributed by atoms with van der Waals surface area (Å²) in [4.78, 5) is 23.2. The van der Waals surface area contributed by atoms with Gasteiger partial charge in [0, 0.05) is 34.3 Å². The van der Waals surface area contributed by atoms with E-state index in [0.717, 1.165) is 57.3 Å². The normalized spacial score (nSPS) is 23.3. The lowest BCUT2D eigenvalue weighted by Gasteiger charge is -2.13. The molecule has 0 radical (unpaired) electrons. The number of amides is 2. The fourth-order valence-electron chi connectivity index (χ4n) is 4.29. The van der Waals surface area contributed by atoms with Crippen LogP contribution in [-0.4, -0.2) is 18.9 Å². The maximum absolute atomic E-state index is 12.1. The largest absolute Gasteiger partial charge is 0.496 e. The van der Waals surface area contributed by atoms with Crippen LogP contribution in [-0.2, 0) is 11.3 Å². The molecule has 6 heteroatoms. The number of benzene rings is 2. The second-order valence-corrected chi connectivity index (χ2v) is 8.90. The first-order valence-electron chi connectivity index (χ1n) is 9.97. The fraction of sp³-hybridized carbons (Fsp3) is 0.391. The van der Waals surface area contributed by atoms with E-state index in [1.807, 2.05) is 43.3 Å². The van der Waals surface area contributed by atoms with Crippen molar-refractivity contribution >= 4 is 33.4 Å². The number of aryl methyl sites for hydroxylation is 1. The van der Waals surface area contributed by atoms with Crippen LogP contribution in [0.5, 0.6) is 5.75 Å². The number of methoxy groups -OCH3 is 1. The highest BCUT2D eigenvalue weighted by Crippen LogP contribution is 2.54. The molecule has 2 saturated carbocycles. The lowest BCUT2D eigenvalue weighted by Crippen LogP contribution is -2.21. The summed E-state index contributed by atoms with van der Waals surface area (Å²) in [6, 6.07) is 11.4. The van der Waals surface area contributed by atoms with Crippen molar-refractivity contribution in [1.29, 1.82) is 0 Å². The van der Waals surface area contributed by atoms with E-state index in [1.165, 1.54) is 6.42 Å². The Balaban J connectivity index is 0.000000159. The van der Waals surface area contributed by atoms with Crippen LogP contribution in [0.25, 0.3) is 0 Å². The van der Waals surface area contributed by atoms with Crippen LogP contribution in [0.3, 0.4) is 0 Å². The number of carbonyl (C=O) groups excluding carboxylic acids is 2. The van der Waals surface area contributed by atoms with Crippen molar-refractivity contribution in [1.82, 2.24) is 5.32 Å². The van der Waals surface area contributed by atoms with Crippen LogP contribution >= 0.6 is 15.9 Å². The standard InChI is InChI=1S/C15H19NO2.C8H6BrNO/c1-9-3-4-13(8-14(9)18-2)16-15(17)12-6-10-5-11(10)7-12;9-7-3-1-2-5-6(7)4-10-8(5)11/h3-4,8,10-12H,5-7H2,1-2H3,(H,16,17);1-3H,4H2,(H,10,11). The second kappa shape index (κ2) is 8.19. The summed E-state index contributed by atoms with van der Waals surface area (Å²) < 4.78 is 6.27. The molecule has 152 valence electrons. The van der Waals surface area contributed by atoms with Gasteiger partial charge in [-0.05, 0) is 67.3 Å². The minimum absolute atomic E-state index is 0.0290. The number of carbonyl (C=O) groups is 2. The molecule has 0 bridgehead atoms. The zero-order valence-electron chi connectivity index (χ0n) is 16.6. The Morgan fingerprint density at radius 1 is 1.17 bits per heavy atom. The third kappa shape index (κ3) is 4.32. The lowest BCUT2D eigenvalue weighted by atomic mass is 10.0. The number of fused-ring (bicyclic) bond motifs is 2. The zero-order chi connectivity index (χ0) is 20.5. The molecule has 0 spiro atoms. The number of hydrogen-bond acceptors (Lipinski definition) is 3. The van der Waals surface area contributed by atoms with Crippen LogP contribution in [0.4, 0.5) is 5.69 Å². The molecule has 2 aromatic carbocycles. The van der Waals surface area contributed by atoms with E-state index in [1.54, 1.807) is 7.11 Å². The molecule has 2 unspecified atom stereocenters. The predicted molar refractivity (Wildman–Crippen MR) is 116 cm³/mol. The highest BCUT2D eigenvalue weighted by atomic mass is 79.9. The molecule has 3 aliphatic rings. The first-order chi connectivity index (χ1) is 14.0. The average molecular weight is 457 g/mol. The Hall–Kier alpha value is -2.34. The maximum atomic E-state index is 12.1. The van der Waals surface area contributed by atoms with Crippen LogP contribution < -0.4 is 15.4 Å². The van der Waals surface area contributed by atoms with Crippen LogP contribution in [0.1, 0.15) is 40.7 Å². The van der Waals surface area contributed by atoms with Crippen LogP contribution in [0.2, 0.25) is 0 Å². The molecule has 2 fully saturated rings. The summed E-state index contributed by atoms with van der Waals surface area (Å²) in [5.74, 6) is 2.93. The second-order valence-electron chi connectivity index (χ2n) is 8.05. The van der Waals surface area contributed by atoms with Crippen molar-refractivity contribution in [2.45, 2.75) is 32.7 Å². The van der Waals surface area contributed by atoms with E-state index >= 15 is 0 Å². The van der Waals surface area contributed by atoms with Gasteiger partial charge in [-0.3, -0.25) is 9.59 Å². The minimum atomic E-state index is 0.0290. The summed E-state index contributed by atoms with van der Waals surface area (Å²) >= 11 is 3.38. The van der Waals surface area contributed by atoms with Crippen molar-refractivity contribution in [2.75, 3.05) is 12.4 Å². The van der Waals surface area contributed by atoms with E-state index in [2.05, 4.69) is 26.6 Å². The summed E-state index contributed by atoms with van der Waals surface area (Å²) in [6.07, 6.45) is 3.52. The Kier molecular flexibility index (Phi) is 5.63. The minimum Gasteiger partial charge on any atom is -0.496 e. The van der Waals surface area contributed by atoms with E-state index < -0.39 is 0 Å². The SMILES string of the molecule is COc1cc(NC(=O)C2CC3CC3C2)ccc1C.O=C1NCc2c(Br)cccc21. The molecule has 1 heterocycles. The van der Waals surface area contributed by atoms with Gasteiger partial charge in [0.2, 0.25) is 5.91 Å². The van der Waals surface area contributed by atoms with Crippen LogP contribution in [0.15, 0.2) is 40.9 Å². The molecular weight excluding hydrogens is 432 g/mol. The summed E-state index contributed by atoms with van der Waals surface area (Å²) in [6.45, 7) is 2.64. The molecule has 5 nitrogen and oxygen atoms in total. The van der Waals surface area contributed by atoms with Gasteiger partial charge in [0.05, 0.1) is 7.11 Å². The smallest absolute Gasteiger partial charge is 0.251 e. The molecular formula is C23H25BrN2O3. The van der Waals surface area contributed by atoms with Gasteiger partial charge in [-0.2, -0.15) is 0 Å². The van der Waals surface area contributed by atoms with Crippen molar-refractivity contribution in [2.24, 2.45) is 17.8 Å². The molecule has 2 atom stereocenters. The van der Waals surface area contributed by atoms with Gasteiger partial charge < -0.3 is 15.4 Å². The maximum Gasteiger partial charge on any atom is 0.251 e. The topological polar surface area (TPSA) is 67.4 Å². The summed E-state index contributed by atoms with van der Waals surface area (Å²) in [5, 5.41) is 5.76. The molecule has 29 heavy (non-hydrogen) atoms. The Morgan fingerprint density at radius 2 is 1.93 bits per heavy atom. The highest BCUT2D eigenvalue weighted by molar-refractivity contribution is 9.10. The van der Waals surface area contributed by atoms with Gasteiger partial charge >= 0.3 is 0 Å². The summed E-state index contributed by atoms with van der Waals surface area (Å²) in [7, 11) is 1.65. The number of anilines is 1. The molecule has 5 rings (SSSR count). The number of hydrogen-bond donors (Lipinski definition) is 2. The quantitative estimate of drug-likeness (QED) is 0.704. The lowest BCUT2D eigenvalue weighted by molar-refractivity contribution is -0.120. The van der Waals surface area contributed by atoms with E-state index in [-0.39, 0.29) is 17.7 Å². The number of rotatable bonds is 3. The first kappa shape index (κ1) is 20.0. The third-order valence-corrected chi connectivity index (χ3v) is 6.82.